The van der Waals surface area contributed by atoms with Gasteiger partial charge in [-0.25, -0.2) is 9.50 Å². The van der Waals surface area contributed by atoms with E-state index in [-0.39, 0.29) is 23.6 Å². The van der Waals surface area contributed by atoms with Crippen molar-refractivity contribution in [3.8, 4) is 0 Å². The molecule has 0 aliphatic heterocycles. The van der Waals surface area contributed by atoms with Crippen LogP contribution in [0.15, 0.2) is 24.4 Å². The van der Waals surface area contributed by atoms with Crippen LogP contribution in [0.3, 0.4) is 0 Å². The molecule has 0 radical (unpaired) electrons. The van der Waals surface area contributed by atoms with Crippen LogP contribution in [0.5, 0.6) is 0 Å². The summed E-state index contributed by atoms with van der Waals surface area (Å²) < 4.78 is 41.7. The highest BCUT2D eigenvalue weighted by atomic mass is 19.4. The summed E-state index contributed by atoms with van der Waals surface area (Å²) in [7, 11) is 0. The number of aromatic nitrogens is 5. The fraction of sp³-hybridized carbons (Fsp3) is 0.333. The van der Waals surface area contributed by atoms with Gasteiger partial charge in [0, 0.05) is 24.5 Å². The SMILES string of the molecule is CCn1ccc(CNC(=O)c2cc3nc(C)cc(C(F)(F)F)n3n2)n1. The van der Waals surface area contributed by atoms with Crippen LogP contribution >= 0.6 is 0 Å². The second-order valence-corrected chi connectivity index (χ2v) is 5.43. The Balaban J connectivity index is 1.84. The first kappa shape index (κ1) is 16.9. The molecule has 1 N–H and O–H groups in total. The lowest BCUT2D eigenvalue weighted by atomic mass is 10.3. The summed E-state index contributed by atoms with van der Waals surface area (Å²) in [5, 5.41) is 10.5. The van der Waals surface area contributed by atoms with Crippen molar-refractivity contribution < 1.29 is 18.0 Å². The molecule has 10 heteroatoms. The summed E-state index contributed by atoms with van der Waals surface area (Å²) in [6.45, 7) is 4.23. The third-order valence-electron chi connectivity index (χ3n) is 3.53. The second kappa shape index (κ2) is 6.19. The van der Waals surface area contributed by atoms with Gasteiger partial charge in [0.2, 0.25) is 0 Å². The molecule has 25 heavy (non-hydrogen) atoms. The minimum absolute atomic E-state index is 0.0345. The van der Waals surface area contributed by atoms with Gasteiger partial charge in [-0.2, -0.15) is 23.4 Å². The molecule has 0 aliphatic carbocycles. The standard InChI is InChI=1S/C15H15F3N6O/c1-3-23-5-4-10(21-23)8-19-14(25)11-7-13-20-9(2)6-12(15(16,17)18)24(13)22-11/h4-7H,3,8H2,1-2H3,(H,19,25). The molecular formula is C15H15F3N6O. The maximum atomic E-state index is 13.1. The second-order valence-electron chi connectivity index (χ2n) is 5.43. The number of hydrogen-bond donors (Lipinski definition) is 1. The minimum Gasteiger partial charge on any atom is -0.345 e. The number of hydrogen-bond acceptors (Lipinski definition) is 4. The van der Waals surface area contributed by atoms with E-state index < -0.39 is 17.8 Å². The number of alkyl halides is 3. The summed E-state index contributed by atoms with van der Waals surface area (Å²) in [5.74, 6) is -0.595. The molecule has 0 atom stereocenters. The predicted octanol–water partition coefficient (Wildman–Crippen LogP) is 2.20. The molecule has 0 saturated carbocycles. The topological polar surface area (TPSA) is 77.1 Å². The van der Waals surface area contributed by atoms with Crippen molar-refractivity contribution in [2.75, 3.05) is 0 Å². The minimum atomic E-state index is -4.60. The zero-order chi connectivity index (χ0) is 18.2. The Bertz CT molecular complexity index is 927. The fourth-order valence-electron chi connectivity index (χ4n) is 2.35. The summed E-state index contributed by atoms with van der Waals surface area (Å²) in [4.78, 5) is 16.2. The summed E-state index contributed by atoms with van der Waals surface area (Å²) in [6, 6.07) is 3.86. The number of carbonyl (C=O) groups is 1. The Hall–Kier alpha value is -2.91. The van der Waals surface area contributed by atoms with Crippen LogP contribution in [0.1, 0.15) is 34.5 Å². The van der Waals surface area contributed by atoms with Crippen LogP contribution in [0.25, 0.3) is 5.65 Å². The molecule has 0 aromatic carbocycles. The molecule has 0 saturated heterocycles. The number of nitrogens with zero attached hydrogens (tertiary/aromatic N) is 5. The van der Waals surface area contributed by atoms with Gasteiger partial charge in [-0.15, -0.1) is 0 Å². The highest BCUT2D eigenvalue weighted by Crippen LogP contribution is 2.29. The van der Waals surface area contributed by atoms with E-state index in [9.17, 15) is 18.0 Å². The van der Waals surface area contributed by atoms with E-state index in [4.69, 9.17) is 0 Å². The van der Waals surface area contributed by atoms with Crippen molar-refractivity contribution >= 4 is 11.6 Å². The first-order chi connectivity index (χ1) is 11.8. The smallest absolute Gasteiger partial charge is 0.345 e. The Morgan fingerprint density at radius 1 is 1.28 bits per heavy atom. The van der Waals surface area contributed by atoms with Gasteiger partial charge in [0.1, 0.15) is 5.69 Å². The number of halogens is 3. The number of fused-ring (bicyclic) bond motifs is 1. The lowest BCUT2D eigenvalue weighted by Gasteiger charge is -2.09. The van der Waals surface area contributed by atoms with Crippen LogP contribution in [0.2, 0.25) is 0 Å². The number of nitrogens with one attached hydrogen (secondary N) is 1. The van der Waals surface area contributed by atoms with E-state index in [0.29, 0.717) is 16.8 Å². The van der Waals surface area contributed by atoms with Gasteiger partial charge in [-0.1, -0.05) is 0 Å². The Morgan fingerprint density at radius 2 is 2.04 bits per heavy atom. The number of carbonyl (C=O) groups excluding carboxylic acids is 1. The van der Waals surface area contributed by atoms with Gasteiger partial charge >= 0.3 is 6.18 Å². The van der Waals surface area contributed by atoms with Gasteiger partial charge in [0.25, 0.3) is 5.91 Å². The highest BCUT2D eigenvalue weighted by Gasteiger charge is 2.35. The van der Waals surface area contributed by atoms with Gasteiger partial charge in [0.15, 0.2) is 11.3 Å². The molecule has 3 aromatic rings. The normalized spacial score (nSPS) is 11.9. The monoisotopic (exact) mass is 352 g/mol. The molecule has 0 bridgehead atoms. The molecule has 0 fully saturated rings. The van der Waals surface area contributed by atoms with E-state index in [2.05, 4.69) is 20.5 Å². The quantitative estimate of drug-likeness (QED) is 0.781. The molecule has 0 unspecified atom stereocenters. The Labute approximate surface area is 140 Å². The summed E-state index contributed by atoms with van der Waals surface area (Å²) in [6.07, 6.45) is -2.83. The van der Waals surface area contributed by atoms with Crippen LogP contribution in [-0.2, 0) is 19.3 Å². The molecular weight excluding hydrogens is 337 g/mol. The van der Waals surface area contributed by atoms with E-state index in [1.807, 2.05) is 6.92 Å². The summed E-state index contributed by atoms with van der Waals surface area (Å²) >= 11 is 0. The highest BCUT2D eigenvalue weighted by molar-refractivity contribution is 5.93. The molecule has 3 heterocycles. The van der Waals surface area contributed by atoms with E-state index in [0.717, 1.165) is 6.07 Å². The number of aryl methyl sites for hydroxylation is 2. The Morgan fingerprint density at radius 3 is 2.68 bits per heavy atom. The molecule has 3 rings (SSSR count). The molecule has 7 nitrogen and oxygen atoms in total. The first-order valence-electron chi connectivity index (χ1n) is 7.53. The van der Waals surface area contributed by atoms with Gasteiger partial charge in [-0.05, 0) is 26.0 Å². The van der Waals surface area contributed by atoms with Crippen LogP contribution in [-0.4, -0.2) is 30.3 Å². The van der Waals surface area contributed by atoms with Crippen molar-refractivity contribution in [2.24, 2.45) is 0 Å². The van der Waals surface area contributed by atoms with Crippen LogP contribution in [0, 0.1) is 6.92 Å². The first-order valence-corrected chi connectivity index (χ1v) is 7.53. The summed E-state index contributed by atoms with van der Waals surface area (Å²) in [5.41, 5.74) is -0.317. The number of rotatable bonds is 4. The average Bonchev–Trinajstić information content (AvgIpc) is 3.17. The van der Waals surface area contributed by atoms with Gasteiger partial charge in [-0.3, -0.25) is 9.48 Å². The Kier molecular flexibility index (Phi) is 4.19. The van der Waals surface area contributed by atoms with Gasteiger partial charge < -0.3 is 5.32 Å². The third-order valence-corrected chi connectivity index (χ3v) is 3.53. The molecule has 1 amide bonds. The molecule has 0 aliphatic rings. The van der Waals surface area contributed by atoms with Crippen molar-refractivity contribution in [1.29, 1.82) is 0 Å². The van der Waals surface area contributed by atoms with Crippen molar-refractivity contribution in [2.45, 2.75) is 33.1 Å². The maximum Gasteiger partial charge on any atom is 0.433 e. The molecule has 132 valence electrons. The average molecular weight is 352 g/mol. The van der Waals surface area contributed by atoms with E-state index >= 15 is 0 Å². The zero-order valence-electron chi connectivity index (χ0n) is 13.5. The fourth-order valence-corrected chi connectivity index (χ4v) is 2.35. The molecule has 3 aromatic heterocycles. The van der Waals surface area contributed by atoms with Crippen molar-refractivity contribution in [1.82, 2.24) is 29.7 Å². The zero-order valence-corrected chi connectivity index (χ0v) is 13.5. The lowest BCUT2D eigenvalue weighted by molar-refractivity contribution is -0.142. The lowest BCUT2D eigenvalue weighted by Crippen LogP contribution is -2.24. The predicted molar refractivity (Wildman–Crippen MR) is 81.8 cm³/mol. The van der Waals surface area contributed by atoms with Crippen LogP contribution < -0.4 is 5.32 Å². The molecule has 0 spiro atoms. The number of amides is 1. The largest absolute Gasteiger partial charge is 0.433 e. The van der Waals surface area contributed by atoms with Crippen molar-refractivity contribution in [3.05, 3.63) is 47.2 Å². The van der Waals surface area contributed by atoms with Gasteiger partial charge in [0.05, 0.1) is 12.2 Å². The maximum absolute atomic E-state index is 13.1. The van der Waals surface area contributed by atoms with E-state index in [1.165, 1.54) is 13.0 Å². The van der Waals surface area contributed by atoms with Crippen LogP contribution in [0.4, 0.5) is 13.2 Å². The van der Waals surface area contributed by atoms with E-state index in [1.54, 1.807) is 16.9 Å². The van der Waals surface area contributed by atoms with Crippen molar-refractivity contribution in [3.63, 3.8) is 0 Å². The third kappa shape index (κ3) is 3.47.